The minimum atomic E-state index is -3.61. The molecule has 0 spiro atoms. The van der Waals surface area contributed by atoms with E-state index in [1.165, 1.54) is 33.5 Å². The minimum Gasteiger partial charge on any atom is -0.484 e. The Morgan fingerprint density at radius 2 is 1.68 bits per heavy atom. The first-order valence-electron chi connectivity index (χ1n) is 12.6. The van der Waals surface area contributed by atoms with E-state index in [2.05, 4.69) is 19.2 Å². The smallest absolute Gasteiger partial charge is 0.261 e. The second kappa shape index (κ2) is 13.6. The van der Waals surface area contributed by atoms with Gasteiger partial charge < -0.3 is 19.7 Å². The topological polar surface area (TPSA) is 105 Å². The van der Waals surface area contributed by atoms with Crippen LogP contribution in [-0.4, -0.2) is 74.9 Å². The highest BCUT2D eigenvalue weighted by molar-refractivity contribution is 7.89. The molecule has 1 N–H and O–H groups in total. The molecule has 0 unspecified atom stereocenters. The van der Waals surface area contributed by atoms with Crippen LogP contribution in [0.2, 0.25) is 0 Å². The fraction of sp³-hybridized carbons (Fsp3) is 0.481. The molecule has 0 bridgehead atoms. The molecule has 9 nitrogen and oxygen atoms in total. The molecule has 1 heterocycles. The second-order valence-electron chi connectivity index (χ2n) is 9.43. The first-order valence-corrected chi connectivity index (χ1v) is 14.0. The predicted octanol–water partition coefficient (Wildman–Crippen LogP) is 2.67. The van der Waals surface area contributed by atoms with E-state index in [4.69, 9.17) is 9.47 Å². The Kier molecular flexibility index (Phi) is 10.5. The van der Waals surface area contributed by atoms with Crippen molar-refractivity contribution < 1.29 is 27.5 Å². The molecule has 37 heavy (non-hydrogen) atoms. The van der Waals surface area contributed by atoms with Crippen LogP contribution in [0.15, 0.2) is 59.5 Å². The summed E-state index contributed by atoms with van der Waals surface area (Å²) in [5.41, 5.74) is 0.898. The molecule has 2 aromatic rings. The van der Waals surface area contributed by atoms with Crippen LogP contribution in [-0.2, 0) is 30.9 Å². The van der Waals surface area contributed by atoms with Crippen LogP contribution in [0.5, 0.6) is 5.75 Å². The number of morpholine rings is 1. The normalized spacial score (nSPS) is 15.2. The molecule has 1 fully saturated rings. The number of ether oxygens (including phenoxy) is 2. The van der Waals surface area contributed by atoms with Gasteiger partial charge in [0.25, 0.3) is 5.91 Å². The van der Waals surface area contributed by atoms with Crippen LogP contribution in [0.3, 0.4) is 0 Å². The van der Waals surface area contributed by atoms with E-state index in [-0.39, 0.29) is 29.9 Å². The van der Waals surface area contributed by atoms with Crippen molar-refractivity contribution >= 4 is 21.8 Å². The zero-order valence-corrected chi connectivity index (χ0v) is 22.6. The number of rotatable bonds is 12. The first-order chi connectivity index (χ1) is 17.7. The van der Waals surface area contributed by atoms with E-state index >= 15 is 0 Å². The maximum atomic E-state index is 13.2. The monoisotopic (exact) mass is 531 g/mol. The number of benzene rings is 2. The Hall–Kier alpha value is -2.95. The maximum Gasteiger partial charge on any atom is 0.261 e. The van der Waals surface area contributed by atoms with Crippen LogP contribution in [0.25, 0.3) is 0 Å². The summed E-state index contributed by atoms with van der Waals surface area (Å²) in [6.45, 7) is 7.77. The summed E-state index contributed by atoms with van der Waals surface area (Å²) in [6.07, 6.45) is 0.853. The lowest BCUT2D eigenvalue weighted by Crippen LogP contribution is -2.49. The molecule has 0 aliphatic carbocycles. The number of hydrogen-bond donors (Lipinski definition) is 1. The molecule has 0 aromatic heterocycles. The van der Waals surface area contributed by atoms with Crippen molar-refractivity contribution in [2.24, 2.45) is 5.92 Å². The summed E-state index contributed by atoms with van der Waals surface area (Å²) in [6, 6.07) is 14.8. The third kappa shape index (κ3) is 8.28. The molecule has 10 heteroatoms. The van der Waals surface area contributed by atoms with Crippen molar-refractivity contribution in [2.45, 2.75) is 44.7 Å². The lowest BCUT2D eigenvalue weighted by atomic mass is 10.1. The van der Waals surface area contributed by atoms with Gasteiger partial charge in [0.2, 0.25) is 15.9 Å². The summed E-state index contributed by atoms with van der Waals surface area (Å²) in [5, 5.41) is 2.91. The van der Waals surface area contributed by atoms with Crippen molar-refractivity contribution in [1.82, 2.24) is 14.5 Å². The number of carbonyl (C=O) groups is 2. The molecule has 3 rings (SSSR count). The fourth-order valence-corrected chi connectivity index (χ4v) is 5.27. The van der Waals surface area contributed by atoms with Gasteiger partial charge in [0.15, 0.2) is 6.61 Å². The van der Waals surface area contributed by atoms with Crippen LogP contribution >= 0.6 is 0 Å². The van der Waals surface area contributed by atoms with Gasteiger partial charge >= 0.3 is 0 Å². The molecular weight excluding hydrogens is 494 g/mol. The standard InChI is InChI=1S/C27H37N3O6S/c1-21(2)13-14-28-27(32)22(3)30(19-23-7-5-4-6-8-23)26(31)20-36-24-9-11-25(12-10-24)37(33,34)29-15-17-35-18-16-29/h4-12,21-22H,13-20H2,1-3H3,(H,28,32)/t22-/m0/s1. The molecule has 2 aromatic carbocycles. The molecular formula is C27H37N3O6S. The van der Waals surface area contributed by atoms with E-state index in [1.54, 1.807) is 6.92 Å². The molecule has 1 atom stereocenters. The van der Waals surface area contributed by atoms with Crippen LogP contribution in [0.4, 0.5) is 0 Å². The third-order valence-electron chi connectivity index (χ3n) is 6.18. The Bertz CT molecular complexity index is 1120. The largest absolute Gasteiger partial charge is 0.484 e. The molecule has 1 saturated heterocycles. The van der Waals surface area contributed by atoms with Gasteiger partial charge in [-0.1, -0.05) is 44.2 Å². The fourth-order valence-electron chi connectivity index (χ4n) is 3.87. The highest BCUT2D eigenvalue weighted by atomic mass is 32.2. The van der Waals surface area contributed by atoms with Gasteiger partial charge in [0.05, 0.1) is 18.1 Å². The van der Waals surface area contributed by atoms with Crippen molar-refractivity contribution in [1.29, 1.82) is 0 Å². The summed E-state index contributed by atoms with van der Waals surface area (Å²) in [5.74, 6) is 0.257. The number of hydrogen-bond acceptors (Lipinski definition) is 6. The summed E-state index contributed by atoms with van der Waals surface area (Å²) in [4.78, 5) is 27.6. The van der Waals surface area contributed by atoms with E-state index in [9.17, 15) is 18.0 Å². The van der Waals surface area contributed by atoms with Gasteiger partial charge in [-0.25, -0.2) is 8.42 Å². The summed E-state index contributed by atoms with van der Waals surface area (Å²) < 4.78 is 37.9. The van der Waals surface area contributed by atoms with Crippen molar-refractivity contribution in [3.63, 3.8) is 0 Å². The second-order valence-corrected chi connectivity index (χ2v) is 11.4. The highest BCUT2D eigenvalue weighted by Gasteiger charge is 2.28. The summed E-state index contributed by atoms with van der Waals surface area (Å²) >= 11 is 0. The number of sulfonamides is 1. The van der Waals surface area contributed by atoms with E-state index in [1.807, 2.05) is 30.3 Å². The Labute approximate surface area is 219 Å². The quantitative estimate of drug-likeness (QED) is 0.452. The van der Waals surface area contributed by atoms with Gasteiger partial charge in [-0.05, 0) is 49.1 Å². The Balaban J connectivity index is 1.65. The lowest BCUT2D eigenvalue weighted by molar-refractivity contribution is -0.142. The average Bonchev–Trinajstić information content (AvgIpc) is 2.91. The van der Waals surface area contributed by atoms with Gasteiger partial charge in [-0.3, -0.25) is 9.59 Å². The zero-order valence-electron chi connectivity index (χ0n) is 21.8. The SMILES string of the molecule is CC(C)CCNC(=O)[C@H](C)N(Cc1ccccc1)C(=O)COc1ccc(S(=O)(=O)N2CCOCC2)cc1. The Morgan fingerprint density at radius 1 is 1.03 bits per heavy atom. The summed E-state index contributed by atoms with van der Waals surface area (Å²) in [7, 11) is -3.61. The number of nitrogens with one attached hydrogen (secondary N) is 1. The van der Waals surface area contributed by atoms with Crippen molar-refractivity contribution in [2.75, 3.05) is 39.5 Å². The van der Waals surface area contributed by atoms with Crippen LogP contribution < -0.4 is 10.1 Å². The predicted molar refractivity (Wildman–Crippen MR) is 140 cm³/mol. The maximum absolute atomic E-state index is 13.2. The van der Waals surface area contributed by atoms with Crippen LogP contribution in [0.1, 0.15) is 32.8 Å². The van der Waals surface area contributed by atoms with Crippen molar-refractivity contribution in [3.8, 4) is 5.75 Å². The molecule has 202 valence electrons. The van der Waals surface area contributed by atoms with Gasteiger partial charge in [0.1, 0.15) is 11.8 Å². The first kappa shape index (κ1) is 28.6. The van der Waals surface area contributed by atoms with E-state index in [0.29, 0.717) is 44.5 Å². The van der Waals surface area contributed by atoms with E-state index < -0.39 is 16.1 Å². The van der Waals surface area contributed by atoms with E-state index in [0.717, 1.165) is 12.0 Å². The Morgan fingerprint density at radius 3 is 2.30 bits per heavy atom. The van der Waals surface area contributed by atoms with Gasteiger partial charge in [-0.2, -0.15) is 4.31 Å². The highest BCUT2D eigenvalue weighted by Crippen LogP contribution is 2.21. The zero-order chi connectivity index (χ0) is 26.8. The van der Waals surface area contributed by atoms with Gasteiger partial charge in [-0.15, -0.1) is 0 Å². The molecule has 0 radical (unpaired) electrons. The lowest BCUT2D eigenvalue weighted by Gasteiger charge is -2.29. The van der Waals surface area contributed by atoms with Crippen molar-refractivity contribution in [3.05, 3.63) is 60.2 Å². The molecule has 0 saturated carbocycles. The third-order valence-corrected chi connectivity index (χ3v) is 8.09. The average molecular weight is 532 g/mol. The number of carbonyl (C=O) groups excluding carboxylic acids is 2. The molecule has 2 amide bonds. The number of nitrogens with zero attached hydrogens (tertiary/aromatic N) is 2. The molecule has 1 aliphatic heterocycles. The van der Waals surface area contributed by atoms with Gasteiger partial charge in [0, 0.05) is 26.2 Å². The minimum absolute atomic E-state index is 0.158. The number of amides is 2. The van der Waals surface area contributed by atoms with Crippen LogP contribution in [0, 0.1) is 5.92 Å². The molecule has 1 aliphatic rings.